The number of hydrogen-bond acceptors (Lipinski definition) is 5. The lowest BCUT2D eigenvalue weighted by Gasteiger charge is -2.20. The fraction of sp³-hybridized carbons (Fsp3) is 0.385. The summed E-state index contributed by atoms with van der Waals surface area (Å²) in [6.07, 6.45) is 0. The molecule has 0 radical (unpaired) electrons. The van der Waals surface area contributed by atoms with Crippen molar-refractivity contribution in [3.63, 3.8) is 0 Å². The van der Waals surface area contributed by atoms with E-state index in [4.69, 9.17) is 5.73 Å². The molecule has 110 valence electrons. The van der Waals surface area contributed by atoms with Gasteiger partial charge in [-0.25, -0.2) is 13.1 Å². The summed E-state index contributed by atoms with van der Waals surface area (Å²) < 4.78 is 28.0. The fourth-order valence-corrected chi connectivity index (χ4v) is 5.44. The monoisotopic (exact) mass is 330 g/mol. The van der Waals surface area contributed by atoms with Gasteiger partial charge in [-0.05, 0) is 34.4 Å². The minimum absolute atomic E-state index is 0.178. The lowest BCUT2D eigenvalue weighted by molar-refractivity contribution is 0.469. The van der Waals surface area contributed by atoms with Gasteiger partial charge in [0.15, 0.2) is 0 Å². The molecule has 4 nitrogen and oxygen atoms in total. The number of thiophene rings is 2. The number of hydrogen-bond donors (Lipinski definition) is 2. The molecule has 0 aliphatic carbocycles. The van der Waals surface area contributed by atoms with Crippen molar-refractivity contribution < 1.29 is 8.42 Å². The molecule has 0 aliphatic rings. The second-order valence-electron chi connectivity index (χ2n) is 4.84. The Morgan fingerprint density at radius 2 is 2.10 bits per heavy atom. The molecule has 2 aromatic rings. The van der Waals surface area contributed by atoms with Crippen molar-refractivity contribution in [1.82, 2.24) is 4.72 Å². The van der Waals surface area contributed by atoms with Gasteiger partial charge in [0.1, 0.15) is 4.21 Å². The maximum absolute atomic E-state index is 12.4. The summed E-state index contributed by atoms with van der Waals surface area (Å²) in [4.78, 5) is 1.03. The van der Waals surface area contributed by atoms with E-state index in [-0.39, 0.29) is 12.0 Å². The highest BCUT2D eigenvalue weighted by Gasteiger charge is 2.25. The number of nitrogens with one attached hydrogen (secondary N) is 1. The predicted octanol–water partition coefficient (Wildman–Crippen LogP) is 2.94. The lowest BCUT2D eigenvalue weighted by atomic mass is 10.0. The summed E-state index contributed by atoms with van der Waals surface area (Å²) >= 11 is 2.77. The van der Waals surface area contributed by atoms with Crippen molar-refractivity contribution in [3.05, 3.63) is 39.4 Å². The highest BCUT2D eigenvalue weighted by atomic mass is 32.2. The molecular formula is C13H18N2O2S3. The Labute approximate surface area is 127 Å². The Morgan fingerprint density at radius 3 is 2.60 bits per heavy atom. The van der Waals surface area contributed by atoms with Crippen LogP contribution >= 0.6 is 22.7 Å². The molecule has 0 spiro atoms. The van der Waals surface area contributed by atoms with Crippen LogP contribution in [0.4, 0.5) is 0 Å². The van der Waals surface area contributed by atoms with Crippen LogP contribution in [0.2, 0.25) is 0 Å². The second-order valence-corrected chi connectivity index (χ2v) is 8.67. The van der Waals surface area contributed by atoms with Gasteiger partial charge in [-0.15, -0.1) is 22.7 Å². The molecule has 0 amide bonds. The van der Waals surface area contributed by atoms with Crippen molar-refractivity contribution in [2.45, 2.75) is 30.6 Å². The van der Waals surface area contributed by atoms with Gasteiger partial charge in [0.25, 0.3) is 10.0 Å². The first-order chi connectivity index (χ1) is 9.44. The SMILES string of the molecule is CC(C)C(NS(=O)(=O)c1cc(CN)cs1)c1cccs1. The minimum Gasteiger partial charge on any atom is -0.326 e. The molecule has 0 fully saturated rings. The van der Waals surface area contributed by atoms with E-state index in [1.54, 1.807) is 22.8 Å². The minimum atomic E-state index is -3.50. The molecule has 2 aromatic heterocycles. The van der Waals surface area contributed by atoms with Crippen LogP contribution in [0.1, 0.15) is 30.3 Å². The van der Waals surface area contributed by atoms with Gasteiger partial charge in [-0.2, -0.15) is 0 Å². The van der Waals surface area contributed by atoms with Gasteiger partial charge in [-0.1, -0.05) is 19.9 Å². The van der Waals surface area contributed by atoms with E-state index in [2.05, 4.69) is 4.72 Å². The zero-order valence-corrected chi connectivity index (χ0v) is 13.8. The molecule has 0 bridgehead atoms. The van der Waals surface area contributed by atoms with Crippen LogP contribution in [-0.4, -0.2) is 8.42 Å². The summed E-state index contributed by atoms with van der Waals surface area (Å²) in [6.45, 7) is 4.36. The molecule has 20 heavy (non-hydrogen) atoms. The maximum Gasteiger partial charge on any atom is 0.250 e. The van der Waals surface area contributed by atoms with Crippen molar-refractivity contribution in [1.29, 1.82) is 0 Å². The first kappa shape index (κ1) is 15.7. The Kier molecular flexibility index (Phi) is 4.98. The van der Waals surface area contributed by atoms with E-state index < -0.39 is 10.0 Å². The molecule has 0 saturated carbocycles. The molecule has 3 N–H and O–H groups in total. The third kappa shape index (κ3) is 3.48. The average Bonchev–Trinajstić information content (AvgIpc) is 3.06. The quantitative estimate of drug-likeness (QED) is 0.855. The van der Waals surface area contributed by atoms with Crippen LogP contribution < -0.4 is 10.5 Å². The summed E-state index contributed by atoms with van der Waals surface area (Å²) in [5.41, 5.74) is 6.37. The van der Waals surface area contributed by atoms with E-state index in [0.717, 1.165) is 10.4 Å². The molecule has 0 aromatic carbocycles. The Hall–Kier alpha value is -0.730. The van der Waals surface area contributed by atoms with Crippen LogP contribution in [0.5, 0.6) is 0 Å². The topological polar surface area (TPSA) is 72.2 Å². The standard InChI is InChI=1S/C13H18N2O2S3/c1-9(2)13(11-4-3-5-18-11)15-20(16,17)12-6-10(7-14)8-19-12/h3-6,8-9,13,15H,7,14H2,1-2H3. The van der Waals surface area contributed by atoms with Gasteiger partial charge in [-0.3, -0.25) is 0 Å². The van der Waals surface area contributed by atoms with E-state index in [9.17, 15) is 8.42 Å². The van der Waals surface area contributed by atoms with Gasteiger partial charge in [0.05, 0.1) is 6.04 Å². The molecule has 1 atom stereocenters. The van der Waals surface area contributed by atoms with Crippen molar-refractivity contribution in [3.8, 4) is 0 Å². The number of nitrogens with two attached hydrogens (primary N) is 1. The third-order valence-electron chi connectivity index (χ3n) is 2.93. The predicted molar refractivity (Wildman–Crippen MR) is 84.4 cm³/mol. The number of rotatable bonds is 6. The van der Waals surface area contributed by atoms with Crippen LogP contribution in [-0.2, 0) is 16.6 Å². The Bertz CT molecular complexity index is 645. The highest BCUT2D eigenvalue weighted by molar-refractivity contribution is 7.91. The third-order valence-corrected chi connectivity index (χ3v) is 6.81. The molecular weight excluding hydrogens is 312 g/mol. The van der Waals surface area contributed by atoms with Gasteiger partial charge in [0, 0.05) is 11.4 Å². The lowest BCUT2D eigenvalue weighted by Crippen LogP contribution is -2.30. The first-order valence-corrected chi connectivity index (χ1v) is 9.51. The smallest absolute Gasteiger partial charge is 0.250 e. The maximum atomic E-state index is 12.4. The van der Waals surface area contributed by atoms with Crippen molar-refractivity contribution in [2.24, 2.45) is 11.7 Å². The molecule has 0 aliphatic heterocycles. The molecule has 0 saturated heterocycles. The van der Waals surface area contributed by atoms with E-state index in [1.165, 1.54) is 11.3 Å². The van der Waals surface area contributed by atoms with Gasteiger partial charge in [0.2, 0.25) is 0 Å². The summed E-state index contributed by atoms with van der Waals surface area (Å²) in [7, 11) is -3.50. The van der Waals surface area contributed by atoms with E-state index in [0.29, 0.717) is 10.8 Å². The van der Waals surface area contributed by atoms with Crippen LogP contribution in [0, 0.1) is 5.92 Å². The Balaban J connectivity index is 2.25. The molecule has 2 rings (SSSR count). The van der Waals surface area contributed by atoms with Gasteiger partial charge < -0.3 is 5.73 Å². The largest absolute Gasteiger partial charge is 0.326 e. The Morgan fingerprint density at radius 1 is 1.35 bits per heavy atom. The fourth-order valence-electron chi connectivity index (χ4n) is 1.82. The normalized spacial score (nSPS) is 13.8. The van der Waals surface area contributed by atoms with E-state index in [1.807, 2.05) is 31.4 Å². The highest BCUT2D eigenvalue weighted by Crippen LogP contribution is 2.29. The summed E-state index contributed by atoms with van der Waals surface area (Å²) in [5.74, 6) is 0.178. The van der Waals surface area contributed by atoms with E-state index >= 15 is 0 Å². The molecule has 7 heteroatoms. The zero-order chi connectivity index (χ0) is 14.8. The first-order valence-electron chi connectivity index (χ1n) is 6.27. The summed E-state index contributed by atoms with van der Waals surface area (Å²) in [6, 6.07) is 5.32. The molecule has 1 unspecified atom stereocenters. The van der Waals surface area contributed by atoms with Crippen molar-refractivity contribution >= 4 is 32.7 Å². The second kappa shape index (κ2) is 6.36. The number of sulfonamides is 1. The van der Waals surface area contributed by atoms with Crippen LogP contribution in [0.25, 0.3) is 0 Å². The zero-order valence-electron chi connectivity index (χ0n) is 11.4. The van der Waals surface area contributed by atoms with Crippen molar-refractivity contribution in [2.75, 3.05) is 0 Å². The van der Waals surface area contributed by atoms with Gasteiger partial charge >= 0.3 is 0 Å². The molecule has 2 heterocycles. The summed E-state index contributed by atoms with van der Waals surface area (Å²) in [5, 5.41) is 3.74. The van der Waals surface area contributed by atoms with Crippen LogP contribution in [0.15, 0.2) is 33.2 Å². The average molecular weight is 330 g/mol. The van der Waals surface area contributed by atoms with Crippen LogP contribution in [0.3, 0.4) is 0 Å².